The van der Waals surface area contributed by atoms with Crippen molar-refractivity contribution in [1.82, 2.24) is 9.13 Å². The minimum Gasteiger partial charge on any atom is -0.308 e. The highest BCUT2D eigenvalue weighted by Crippen LogP contribution is 2.62. The van der Waals surface area contributed by atoms with Gasteiger partial charge in [-0.15, -0.1) is 0 Å². The Morgan fingerprint density at radius 1 is 0.327 bits per heavy atom. The fourth-order valence-corrected chi connectivity index (χ4v) is 10.3. The second-order valence-corrected chi connectivity index (χ2v) is 16.1. The number of fused-ring (bicyclic) bond motifs is 10. The molecule has 2 aliphatic carbocycles. The van der Waals surface area contributed by atoms with Crippen molar-refractivity contribution in [2.24, 2.45) is 0 Å². The Bertz CT molecular complexity index is 2920. The van der Waals surface area contributed by atoms with Gasteiger partial charge in [-0.1, -0.05) is 149 Å². The van der Waals surface area contributed by atoms with Crippen molar-refractivity contribution in [3.63, 3.8) is 0 Å². The molecule has 0 bridgehead atoms. The molecule has 12 rings (SSSR count). The van der Waals surface area contributed by atoms with E-state index in [0.29, 0.717) is 0 Å². The fraction of sp³-hybridized carbons (Fsp3) is 0.120. The molecule has 246 valence electrons. The lowest BCUT2D eigenvalue weighted by molar-refractivity contribution is 0.322. The van der Waals surface area contributed by atoms with E-state index in [-0.39, 0.29) is 10.8 Å². The summed E-state index contributed by atoms with van der Waals surface area (Å²) in [5, 5.41) is 10.5. The molecule has 0 saturated heterocycles. The van der Waals surface area contributed by atoms with Crippen LogP contribution in [0.25, 0.3) is 98.8 Å². The molecule has 8 aromatic carbocycles. The number of rotatable bonds is 2. The molecule has 10 aromatic rings. The maximum Gasteiger partial charge on any atom is 0.0626 e. The quantitative estimate of drug-likeness (QED) is 0.174. The third-order valence-electron chi connectivity index (χ3n) is 13.4. The molecular weight excluding hydrogens is 629 g/mol. The van der Waals surface area contributed by atoms with Gasteiger partial charge in [0.25, 0.3) is 0 Å². The second-order valence-electron chi connectivity index (χ2n) is 16.1. The SMILES string of the molecule is CC1(C)c2ccc3c4c(ccc(c24)C1(C)C)-c1c-3c(-n2c3ccccc3c3ccccc32)c2ccccc2c1-n1c2ccccc2c2ccccc21. The lowest BCUT2D eigenvalue weighted by Gasteiger charge is -2.37. The Labute approximate surface area is 302 Å². The van der Waals surface area contributed by atoms with Crippen LogP contribution in [-0.4, -0.2) is 9.13 Å². The summed E-state index contributed by atoms with van der Waals surface area (Å²) in [5.41, 5.74) is 15.7. The zero-order valence-corrected chi connectivity index (χ0v) is 29.8. The van der Waals surface area contributed by atoms with Gasteiger partial charge in [0.05, 0.1) is 33.4 Å². The molecule has 0 unspecified atom stereocenters. The smallest absolute Gasteiger partial charge is 0.0626 e. The predicted octanol–water partition coefficient (Wildman–Crippen LogP) is 13.4. The van der Waals surface area contributed by atoms with E-state index < -0.39 is 0 Å². The average molecular weight is 665 g/mol. The zero-order valence-electron chi connectivity index (χ0n) is 29.8. The molecule has 52 heavy (non-hydrogen) atoms. The number of hydrogen-bond donors (Lipinski definition) is 0. The summed E-state index contributed by atoms with van der Waals surface area (Å²) >= 11 is 0. The Morgan fingerprint density at radius 2 is 0.635 bits per heavy atom. The third kappa shape index (κ3) is 3.16. The molecule has 2 heteroatoms. The van der Waals surface area contributed by atoms with E-state index in [1.165, 1.54) is 110 Å². The lowest BCUT2D eigenvalue weighted by Crippen LogP contribution is -2.35. The molecule has 0 amide bonds. The first-order chi connectivity index (χ1) is 25.4. The summed E-state index contributed by atoms with van der Waals surface area (Å²) in [6.07, 6.45) is 0. The molecule has 0 radical (unpaired) electrons. The fourth-order valence-electron chi connectivity index (χ4n) is 10.3. The Hall–Kier alpha value is -6.12. The topological polar surface area (TPSA) is 9.86 Å². The first kappa shape index (κ1) is 28.6. The molecular formula is C50H36N2. The van der Waals surface area contributed by atoms with Crippen molar-refractivity contribution in [2.45, 2.75) is 38.5 Å². The molecule has 2 nitrogen and oxygen atoms in total. The number of aromatic nitrogens is 2. The van der Waals surface area contributed by atoms with Crippen LogP contribution in [-0.2, 0) is 10.8 Å². The minimum absolute atomic E-state index is 0.00268. The van der Waals surface area contributed by atoms with Crippen molar-refractivity contribution >= 4 is 65.2 Å². The largest absolute Gasteiger partial charge is 0.308 e. The van der Waals surface area contributed by atoms with Gasteiger partial charge in [0.2, 0.25) is 0 Å². The summed E-state index contributed by atoms with van der Waals surface area (Å²) < 4.78 is 5.14. The van der Waals surface area contributed by atoms with Crippen LogP contribution in [0, 0.1) is 0 Å². The molecule has 0 spiro atoms. The van der Waals surface area contributed by atoms with Gasteiger partial charge in [-0.05, 0) is 68.1 Å². The van der Waals surface area contributed by atoms with Gasteiger partial charge in [0, 0.05) is 43.4 Å². The summed E-state index contributed by atoms with van der Waals surface area (Å²) in [5.74, 6) is 0. The van der Waals surface area contributed by atoms with Gasteiger partial charge in [-0.25, -0.2) is 0 Å². The van der Waals surface area contributed by atoms with E-state index >= 15 is 0 Å². The lowest BCUT2D eigenvalue weighted by atomic mass is 9.66. The normalized spacial score (nSPS) is 15.2. The highest BCUT2D eigenvalue weighted by atomic mass is 15.0. The van der Waals surface area contributed by atoms with Crippen LogP contribution in [0.3, 0.4) is 0 Å². The Kier molecular flexibility index (Phi) is 5.16. The van der Waals surface area contributed by atoms with E-state index in [1.54, 1.807) is 0 Å². The van der Waals surface area contributed by atoms with Gasteiger partial charge >= 0.3 is 0 Å². The van der Waals surface area contributed by atoms with Crippen molar-refractivity contribution in [3.8, 4) is 33.6 Å². The Morgan fingerprint density at radius 3 is 0.981 bits per heavy atom. The highest BCUT2D eigenvalue weighted by molar-refractivity contribution is 6.27. The summed E-state index contributed by atoms with van der Waals surface area (Å²) in [6, 6.07) is 54.8. The van der Waals surface area contributed by atoms with Crippen LogP contribution in [0.5, 0.6) is 0 Å². The van der Waals surface area contributed by atoms with E-state index in [4.69, 9.17) is 0 Å². The molecule has 0 N–H and O–H groups in total. The first-order valence-electron chi connectivity index (χ1n) is 18.5. The maximum atomic E-state index is 2.57. The van der Waals surface area contributed by atoms with E-state index in [2.05, 4.69) is 182 Å². The van der Waals surface area contributed by atoms with Crippen molar-refractivity contribution in [3.05, 3.63) is 157 Å². The van der Waals surface area contributed by atoms with Crippen LogP contribution >= 0.6 is 0 Å². The van der Waals surface area contributed by atoms with Gasteiger partial charge < -0.3 is 9.13 Å². The summed E-state index contributed by atoms with van der Waals surface area (Å²) in [7, 11) is 0. The van der Waals surface area contributed by atoms with Crippen molar-refractivity contribution in [1.29, 1.82) is 0 Å². The van der Waals surface area contributed by atoms with Gasteiger partial charge in [-0.2, -0.15) is 0 Å². The van der Waals surface area contributed by atoms with Crippen LogP contribution in [0.4, 0.5) is 0 Å². The average Bonchev–Trinajstić information content (AvgIpc) is 3.84. The standard InChI is InChI=1S/C50H36N2/c1-49(2)37-27-25-35-43-36(26-28-38(46(37)43)50(49,3)4)45-44(35)47(51-39-21-11-7-15-29(39)30-16-8-12-22-40(30)51)33-19-5-6-20-34(33)48(45)52-41-23-13-9-17-31(41)32-18-10-14-24-42(32)52/h5-28H,1-4H3. The summed E-state index contributed by atoms with van der Waals surface area (Å²) in [4.78, 5) is 0. The van der Waals surface area contributed by atoms with E-state index in [0.717, 1.165) is 0 Å². The number of hydrogen-bond acceptors (Lipinski definition) is 0. The zero-order chi connectivity index (χ0) is 34.7. The van der Waals surface area contributed by atoms with Crippen LogP contribution in [0.15, 0.2) is 146 Å². The van der Waals surface area contributed by atoms with Crippen molar-refractivity contribution < 1.29 is 0 Å². The monoisotopic (exact) mass is 664 g/mol. The van der Waals surface area contributed by atoms with E-state index in [9.17, 15) is 0 Å². The number of benzene rings is 8. The molecule has 2 heterocycles. The second kappa shape index (κ2) is 9.40. The van der Waals surface area contributed by atoms with Crippen LogP contribution in [0.2, 0.25) is 0 Å². The predicted molar refractivity (Wildman–Crippen MR) is 221 cm³/mol. The molecule has 0 atom stereocenters. The van der Waals surface area contributed by atoms with Gasteiger partial charge in [-0.3, -0.25) is 0 Å². The summed E-state index contributed by atoms with van der Waals surface area (Å²) in [6.45, 7) is 9.75. The van der Waals surface area contributed by atoms with Crippen LogP contribution < -0.4 is 0 Å². The minimum atomic E-state index is -0.00268. The first-order valence-corrected chi connectivity index (χ1v) is 18.5. The molecule has 2 aliphatic rings. The number of para-hydroxylation sites is 4. The highest BCUT2D eigenvalue weighted by Gasteiger charge is 2.48. The van der Waals surface area contributed by atoms with Crippen LogP contribution in [0.1, 0.15) is 38.8 Å². The number of nitrogens with zero attached hydrogens (tertiary/aromatic N) is 2. The van der Waals surface area contributed by atoms with Gasteiger partial charge in [0.15, 0.2) is 0 Å². The third-order valence-corrected chi connectivity index (χ3v) is 13.4. The maximum absolute atomic E-state index is 2.57. The molecule has 0 saturated carbocycles. The van der Waals surface area contributed by atoms with Crippen molar-refractivity contribution in [2.75, 3.05) is 0 Å². The molecule has 0 aliphatic heterocycles. The van der Waals surface area contributed by atoms with E-state index in [1.807, 2.05) is 0 Å². The van der Waals surface area contributed by atoms with Gasteiger partial charge in [0.1, 0.15) is 0 Å². The Balaban J connectivity index is 1.37. The molecule has 2 aromatic heterocycles. The molecule has 0 fully saturated rings.